The van der Waals surface area contributed by atoms with Gasteiger partial charge in [-0.1, -0.05) is 18.2 Å². The van der Waals surface area contributed by atoms with Gasteiger partial charge in [-0.05, 0) is 47.5 Å². The average molecular weight is 538 g/mol. The molecule has 3 aromatic rings. The zero-order valence-electron chi connectivity index (χ0n) is 22.9. The number of carbonyl (C=O) groups is 1. The highest BCUT2D eigenvalue weighted by Crippen LogP contribution is 2.28. The van der Waals surface area contributed by atoms with Gasteiger partial charge in [0.15, 0.2) is 0 Å². The van der Waals surface area contributed by atoms with E-state index in [0.717, 1.165) is 11.1 Å². The summed E-state index contributed by atoms with van der Waals surface area (Å²) in [6, 6.07) is 17.9. The molecule has 0 fully saturated rings. The zero-order chi connectivity index (χ0) is 28.2. The Labute approximate surface area is 228 Å². The number of aliphatic hydroxyl groups excluding tert-OH is 1. The number of benzene rings is 3. The topological polar surface area (TPSA) is 105 Å². The molecule has 0 radical (unpaired) electrons. The highest BCUT2D eigenvalue weighted by atomic mass is 16.5. The van der Waals surface area contributed by atoms with E-state index in [1.165, 1.54) is 7.11 Å². The van der Waals surface area contributed by atoms with Crippen LogP contribution in [-0.4, -0.2) is 65.9 Å². The molecule has 0 aliphatic rings. The first-order chi connectivity index (χ1) is 18.9. The smallest absolute Gasteiger partial charge is 0.338 e. The molecule has 0 spiro atoms. The van der Waals surface area contributed by atoms with Crippen LogP contribution in [-0.2, 0) is 16.1 Å². The molecule has 0 saturated heterocycles. The van der Waals surface area contributed by atoms with Gasteiger partial charge in [-0.25, -0.2) is 4.79 Å². The lowest BCUT2D eigenvalue weighted by Gasteiger charge is -2.15. The number of methoxy groups -OCH3 is 5. The maximum absolute atomic E-state index is 12.6. The molecule has 1 unspecified atom stereocenters. The Hall–Kier alpha value is -4.21. The summed E-state index contributed by atoms with van der Waals surface area (Å²) in [6.45, 7) is 0.933. The van der Waals surface area contributed by atoms with Crippen LogP contribution in [0.3, 0.4) is 0 Å². The van der Waals surface area contributed by atoms with Crippen molar-refractivity contribution >= 4 is 17.6 Å². The number of hydrogen-bond acceptors (Lipinski definition) is 9. The van der Waals surface area contributed by atoms with Crippen LogP contribution in [0.2, 0.25) is 0 Å². The summed E-state index contributed by atoms with van der Waals surface area (Å²) in [7, 11) is 7.66. The predicted molar refractivity (Wildman–Crippen MR) is 149 cm³/mol. The van der Waals surface area contributed by atoms with Crippen LogP contribution in [0.4, 0.5) is 0 Å². The van der Waals surface area contributed by atoms with Crippen LogP contribution in [0.25, 0.3) is 11.6 Å². The minimum Gasteiger partial charge on any atom is -0.497 e. The summed E-state index contributed by atoms with van der Waals surface area (Å²) in [5.41, 5.74) is 2.67. The van der Waals surface area contributed by atoms with E-state index in [-0.39, 0.29) is 6.61 Å². The van der Waals surface area contributed by atoms with Gasteiger partial charge in [0.25, 0.3) is 0 Å². The summed E-state index contributed by atoms with van der Waals surface area (Å²) >= 11 is 0. The minimum absolute atomic E-state index is 0.0927. The van der Waals surface area contributed by atoms with E-state index in [9.17, 15) is 9.90 Å². The Morgan fingerprint density at radius 3 is 2.05 bits per heavy atom. The van der Waals surface area contributed by atoms with Crippen LogP contribution >= 0.6 is 0 Å². The lowest BCUT2D eigenvalue weighted by Crippen LogP contribution is -2.31. The SMILES string of the molecule is COC(=O)/C(=C/c1cc(OC)cc(OC)c1)c1ccc(OCC(O)CNCc2ccc(OC)cc2OC)cc1. The molecule has 9 heteroatoms. The Kier molecular flexibility index (Phi) is 11.0. The van der Waals surface area contributed by atoms with Gasteiger partial charge in [-0.3, -0.25) is 0 Å². The summed E-state index contributed by atoms with van der Waals surface area (Å²) in [6.07, 6.45) is 0.974. The van der Waals surface area contributed by atoms with Gasteiger partial charge in [0.05, 0.1) is 41.1 Å². The third-order valence-corrected chi connectivity index (χ3v) is 5.89. The second-order valence-electron chi connectivity index (χ2n) is 8.49. The Morgan fingerprint density at radius 1 is 0.821 bits per heavy atom. The molecule has 9 nitrogen and oxygen atoms in total. The van der Waals surface area contributed by atoms with Crippen molar-refractivity contribution in [3.05, 3.63) is 77.4 Å². The van der Waals surface area contributed by atoms with Gasteiger partial charge in [0.2, 0.25) is 0 Å². The standard InChI is InChI=1S/C30H35NO8/c1-34-25-11-8-22(29(16-25)37-4)17-31-18-23(32)19-39-24-9-6-21(7-10-24)28(30(33)38-5)14-20-12-26(35-2)15-27(13-20)36-3/h6-16,23,31-32H,17-19H2,1-5H3/b28-14+. The van der Waals surface area contributed by atoms with E-state index < -0.39 is 12.1 Å². The van der Waals surface area contributed by atoms with Crippen molar-refractivity contribution in [1.82, 2.24) is 5.32 Å². The van der Waals surface area contributed by atoms with Crippen LogP contribution in [0.5, 0.6) is 28.7 Å². The highest BCUT2D eigenvalue weighted by molar-refractivity contribution is 6.21. The maximum Gasteiger partial charge on any atom is 0.338 e. The molecule has 0 aromatic heterocycles. The van der Waals surface area contributed by atoms with Crippen LogP contribution in [0.15, 0.2) is 60.7 Å². The van der Waals surface area contributed by atoms with Crippen LogP contribution in [0, 0.1) is 0 Å². The van der Waals surface area contributed by atoms with Crippen LogP contribution < -0.4 is 29.0 Å². The Bertz CT molecular complexity index is 1230. The lowest BCUT2D eigenvalue weighted by atomic mass is 10.0. The van der Waals surface area contributed by atoms with Crippen molar-refractivity contribution in [2.75, 3.05) is 48.7 Å². The first kappa shape index (κ1) is 29.3. The van der Waals surface area contributed by atoms with Crippen molar-refractivity contribution in [2.45, 2.75) is 12.6 Å². The summed E-state index contributed by atoms with van der Waals surface area (Å²) in [4.78, 5) is 12.6. The number of nitrogens with one attached hydrogen (secondary N) is 1. The molecule has 0 aliphatic heterocycles. The van der Waals surface area contributed by atoms with E-state index in [0.29, 0.717) is 53.0 Å². The molecule has 0 amide bonds. The first-order valence-corrected chi connectivity index (χ1v) is 12.3. The van der Waals surface area contributed by atoms with Crippen molar-refractivity contribution in [1.29, 1.82) is 0 Å². The molecule has 3 rings (SSSR count). The van der Waals surface area contributed by atoms with Gasteiger partial charge < -0.3 is 38.8 Å². The lowest BCUT2D eigenvalue weighted by molar-refractivity contribution is -0.133. The molecule has 39 heavy (non-hydrogen) atoms. The zero-order valence-corrected chi connectivity index (χ0v) is 22.9. The largest absolute Gasteiger partial charge is 0.497 e. The summed E-state index contributed by atoms with van der Waals surface area (Å²) in [5, 5.41) is 13.6. The number of carbonyl (C=O) groups excluding carboxylic acids is 1. The molecule has 3 aromatic carbocycles. The van der Waals surface area contributed by atoms with E-state index in [4.69, 9.17) is 28.4 Å². The second kappa shape index (κ2) is 14.7. The minimum atomic E-state index is -0.734. The van der Waals surface area contributed by atoms with Gasteiger partial charge in [-0.15, -0.1) is 0 Å². The van der Waals surface area contributed by atoms with Crippen molar-refractivity contribution in [3.63, 3.8) is 0 Å². The average Bonchev–Trinajstić information content (AvgIpc) is 2.98. The fourth-order valence-corrected chi connectivity index (χ4v) is 3.80. The predicted octanol–water partition coefficient (Wildman–Crippen LogP) is 3.96. The molecule has 0 bridgehead atoms. The molecule has 208 valence electrons. The van der Waals surface area contributed by atoms with Gasteiger partial charge in [0.1, 0.15) is 41.5 Å². The fraction of sp³-hybridized carbons (Fsp3) is 0.300. The van der Waals surface area contributed by atoms with Gasteiger partial charge >= 0.3 is 5.97 Å². The Morgan fingerprint density at radius 2 is 1.46 bits per heavy atom. The summed E-state index contributed by atoms with van der Waals surface area (Å²) < 4.78 is 32.0. The van der Waals surface area contributed by atoms with E-state index in [1.807, 2.05) is 18.2 Å². The molecule has 2 N–H and O–H groups in total. The number of esters is 1. The second-order valence-corrected chi connectivity index (χ2v) is 8.49. The molecule has 0 saturated carbocycles. The number of rotatable bonds is 14. The molecule has 1 atom stereocenters. The number of hydrogen-bond donors (Lipinski definition) is 2. The van der Waals surface area contributed by atoms with E-state index in [1.54, 1.807) is 77.0 Å². The summed E-state index contributed by atoms with van der Waals surface area (Å²) in [5.74, 6) is 2.69. The van der Waals surface area contributed by atoms with Crippen molar-refractivity contribution in [2.24, 2.45) is 0 Å². The highest BCUT2D eigenvalue weighted by Gasteiger charge is 2.14. The van der Waals surface area contributed by atoms with Crippen LogP contribution in [0.1, 0.15) is 16.7 Å². The third-order valence-electron chi connectivity index (χ3n) is 5.89. The van der Waals surface area contributed by atoms with Gasteiger partial charge in [-0.2, -0.15) is 0 Å². The monoisotopic (exact) mass is 537 g/mol. The third kappa shape index (κ3) is 8.39. The molecular formula is C30H35NO8. The van der Waals surface area contributed by atoms with Crippen molar-refractivity contribution in [3.8, 4) is 28.7 Å². The maximum atomic E-state index is 12.6. The normalized spacial score (nSPS) is 11.9. The number of ether oxygens (including phenoxy) is 6. The fourth-order valence-electron chi connectivity index (χ4n) is 3.80. The molecular weight excluding hydrogens is 502 g/mol. The van der Waals surface area contributed by atoms with E-state index >= 15 is 0 Å². The van der Waals surface area contributed by atoms with Gasteiger partial charge in [0, 0.05) is 30.8 Å². The van der Waals surface area contributed by atoms with Crippen molar-refractivity contribution < 1.29 is 38.3 Å². The van der Waals surface area contributed by atoms with E-state index in [2.05, 4.69) is 5.32 Å². The Balaban J connectivity index is 1.60. The molecule has 0 heterocycles. The molecule has 0 aliphatic carbocycles. The quantitative estimate of drug-likeness (QED) is 0.180. The number of aliphatic hydroxyl groups is 1. The first-order valence-electron chi connectivity index (χ1n) is 12.3.